The number of hydrogen-bond acceptors (Lipinski definition) is 3. The van der Waals surface area contributed by atoms with Gasteiger partial charge in [-0.3, -0.25) is 14.5 Å². The van der Waals surface area contributed by atoms with Gasteiger partial charge in [0.15, 0.2) is 0 Å². The van der Waals surface area contributed by atoms with E-state index in [1.165, 1.54) is 0 Å². The number of carbonyl (C=O) groups is 3. The highest BCUT2D eigenvalue weighted by Gasteiger charge is 2.21. The molecule has 3 amide bonds. The molecule has 3 N–H and O–H groups in total. The number of anilines is 2. The van der Waals surface area contributed by atoms with Crippen LogP contribution in [0.15, 0.2) is 48.5 Å². The first kappa shape index (κ1) is 19.7. The standard InChI is InChI=1S/C18H18IN3O4/c1-12-5-4-6-13(9-12)21-18(26)20-10-16(23)22(11-17(24)25)15-8-3-2-7-14(15)19/h2-9H,10-11H2,1H3,(H,24,25)(H2,20,21,26). The molecule has 26 heavy (non-hydrogen) atoms. The van der Waals surface area contributed by atoms with Gasteiger partial charge in [0.1, 0.15) is 6.54 Å². The molecule has 0 spiro atoms. The van der Waals surface area contributed by atoms with Crippen LogP contribution in [0.2, 0.25) is 0 Å². The zero-order chi connectivity index (χ0) is 19.1. The number of carboxylic acids is 1. The van der Waals surface area contributed by atoms with Crippen LogP contribution in [-0.2, 0) is 9.59 Å². The van der Waals surface area contributed by atoms with Crippen molar-refractivity contribution < 1.29 is 19.5 Å². The Labute approximate surface area is 164 Å². The van der Waals surface area contributed by atoms with Crippen molar-refractivity contribution in [3.63, 3.8) is 0 Å². The molecule has 0 aliphatic rings. The quantitative estimate of drug-likeness (QED) is 0.570. The number of rotatable bonds is 6. The molecule has 2 rings (SSSR count). The van der Waals surface area contributed by atoms with Crippen LogP contribution >= 0.6 is 22.6 Å². The molecule has 2 aromatic carbocycles. The van der Waals surface area contributed by atoms with Crippen LogP contribution in [0, 0.1) is 10.5 Å². The van der Waals surface area contributed by atoms with Crippen LogP contribution in [0.4, 0.5) is 16.2 Å². The van der Waals surface area contributed by atoms with Crippen molar-refractivity contribution in [2.75, 3.05) is 23.3 Å². The van der Waals surface area contributed by atoms with Crippen LogP contribution < -0.4 is 15.5 Å². The number of halogens is 1. The van der Waals surface area contributed by atoms with E-state index in [2.05, 4.69) is 10.6 Å². The van der Waals surface area contributed by atoms with E-state index in [0.29, 0.717) is 11.4 Å². The van der Waals surface area contributed by atoms with Crippen molar-refractivity contribution in [2.45, 2.75) is 6.92 Å². The van der Waals surface area contributed by atoms with Crippen molar-refractivity contribution in [3.05, 3.63) is 57.7 Å². The summed E-state index contributed by atoms with van der Waals surface area (Å²) in [6, 6.07) is 13.6. The molecule has 136 valence electrons. The SMILES string of the molecule is Cc1cccc(NC(=O)NCC(=O)N(CC(=O)O)c2ccccc2I)c1. The van der Waals surface area contributed by atoms with E-state index in [9.17, 15) is 14.4 Å². The van der Waals surface area contributed by atoms with Crippen LogP contribution in [0.5, 0.6) is 0 Å². The molecule has 0 radical (unpaired) electrons. The minimum Gasteiger partial charge on any atom is -0.480 e. The van der Waals surface area contributed by atoms with Gasteiger partial charge in [0.05, 0.1) is 12.2 Å². The molecule has 0 fully saturated rings. The second-order valence-corrected chi connectivity index (χ2v) is 6.66. The highest BCUT2D eigenvalue weighted by Crippen LogP contribution is 2.22. The summed E-state index contributed by atoms with van der Waals surface area (Å²) in [6.07, 6.45) is 0. The molecule has 7 nitrogen and oxygen atoms in total. The molecule has 0 atom stereocenters. The lowest BCUT2D eigenvalue weighted by Crippen LogP contribution is -2.44. The van der Waals surface area contributed by atoms with E-state index in [1.807, 2.05) is 41.6 Å². The van der Waals surface area contributed by atoms with Crippen molar-refractivity contribution in [2.24, 2.45) is 0 Å². The van der Waals surface area contributed by atoms with E-state index in [-0.39, 0.29) is 6.54 Å². The van der Waals surface area contributed by atoms with Gasteiger partial charge in [-0.15, -0.1) is 0 Å². The lowest BCUT2D eigenvalue weighted by molar-refractivity contribution is -0.136. The highest BCUT2D eigenvalue weighted by atomic mass is 127. The Kier molecular flexibility index (Phi) is 6.96. The normalized spacial score (nSPS) is 10.1. The number of nitrogens with one attached hydrogen (secondary N) is 2. The van der Waals surface area contributed by atoms with Crippen LogP contribution in [0.3, 0.4) is 0 Å². The topological polar surface area (TPSA) is 98.7 Å². The molecule has 0 aromatic heterocycles. The third-order valence-corrected chi connectivity index (χ3v) is 4.33. The number of hydrogen-bond donors (Lipinski definition) is 3. The largest absolute Gasteiger partial charge is 0.480 e. The molecule has 2 aromatic rings. The third kappa shape index (κ3) is 5.73. The number of aryl methyl sites for hydroxylation is 1. The van der Waals surface area contributed by atoms with Crippen LogP contribution in [0.25, 0.3) is 0 Å². The Balaban J connectivity index is 2.01. The maximum Gasteiger partial charge on any atom is 0.323 e. The first-order valence-electron chi connectivity index (χ1n) is 7.75. The number of amides is 3. The van der Waals surface area contributed by atoms with E-state index < -0.39 is 24.5 Å². The van der Waals surface area contributed by atoms with Gasteiger partial charge in [0, 0.05) is 9.26 Å². The fourth-order valence-corrected chi connectivity index (χ4v) is 2.94. The Hall–Kier alpha value is -2.62. The summed E-state index contributed by atoms with van der Waals surface area (Å²) in [5, 5.41) is 14.2. The van der Waals surface area contributed by atoms with Crippen molar-refractivity contribution in [1.29, 1.82) is 0 Å². The highest BCUT2D eigenvalue weighted by molar-refractivity contribution is 14.1. The second-order valence-electron chi connectivity index (χ2n) is 5.50. The minimum absolute atomic E-state index is 0.324. The molecular weight excluding hydrogens is 449 g/mol. The average Bonchev–Trinajstić information content (AvgIpc) is 2.58. The summed E-state index contributed by atoms with van der Waals surface area (Å²) in [5.74, 6) is -1.65. The minimum atomic E-state index is -1.14. The van der Waals surface area contributed by atoms with Crippen LogP contribution in [0.1, 0.15) is 5.56 Å². The summed E-state index contributed by atoms with van der Waals surface area (Å²) in [4.78, 5) is 36.7. The molecular formula is C18H18IN3O4. The first-order valence-corrected chi connectivity index (χ1v) is 8.83. The molecule has 0 aliphatic heterocycles. The van der Waals surface area contributed by atoms with Crippen molar-refractivity contribution in [1.82, 2.24) is 5.32 Å². The van der Waals surface area contributed by atoms with Gasteiger partial charge in [-0.2, -0.15) is 0 Å². The number of para-hydroxylation sites is 1. The lowest BCUT2D eigenvalue weighted by atomic mass is 10.2. The fraction of sp³-hybridized carbons (Fsp3) is 0.167. The van der Waals surface area contributed by atoms with Gasteiger partial charge in [-0.05, 0) is 59.3 Å². The summed E-state index contributed by atoms with van der Waals surface area (Å²) in [7, 11) is 0. The van der Waals surface area contributed by atoms with Crippen LogP contribution in [-0.4, -0.2) is 36.1 Å². The van der Waals surface area contributed by atoms with Gasteiger partial charge in [0.25, 0.3) is 0 Å². The average molecular weight is 467 g/mol. The fourth-order valence-electron chi connectivity index (χ4n) is 2.26. The molecule has 0 bridgehead atoms. The van der Waals surface area contributed by atoms with E-state index in [4.69, 9.17) is 5.11 Å². The third-order valence-electron chi connectivity index (χ3n) is 3.41. The molecule has 0 heterocycles. The summed E-state index contributed by atoms with van der Waals surface area (Å²) >= 11 is 2.03. The predicted octanol–water partition coefficient (Wildman–Crippen LogP) is 2.84. The number of urea groups is 1. The maximum atomic E-state index is 12.5. The maximum absolute atomic E-state index is 12.5. The number of aliphatic carboxylic acids is 1. The summed E-state index contributed by atoms with van der Waals surface area (Å²) in [5.41, 5.74) is 2.08. The zero-order valence-electron chi connectivity index (χ0n) is 14.0. The molecule has 0 unspecified atom stereocenters. The van der Waals surface area contributed by atoms with Gasteiger partial charge in [-0.25, -0.2) is 4.79 Å². The number of carbonyl (C=O) groups excluding carboxylic acids is 2. The van der Waals surface area contributed by atoms with Crippen molar-refractivity contribution in [3.8, 4) is 0 Å². The number of carboxylic acid groups (broad SMARTS) is 1. The van der Waals surface area contributed by atoms with E-state index >= 15 is 0 Å². The van der Waals surface area contributed by atoms with E-state index in [0.717, 1.165) is 14.0 Å². The monoisotopic (exact) mass is 467 g/mol. The number of benzene rings is 2. The molecule has 0 saturated heterocycles. The Morgan fingerprint density at radius 1 is 1.12 bits per heavy atom. The van der Waals surface area contributed by atoms with E-state index in [1.54, 1.807) is 36.4 Å². The summed E-state index contributed by atoms with van der Waals surface area (Å²) in [6.45, 7) is 1.09. The molecule has 0 saturated carbocycles. The Morgan fingerprint density at radius 3 is 2.50 bits per heavy atom. The first-order chi connectivity index (χ1) is 12.4. The lowest BCUT2D eigenvalue weighted by Gasteiger charge is -2.22. The predicted molar refractivity (Wildman–Crippen MR) is 107 cm³/mol. The van der Waals surface area contributed by atoms with Crippen molar-refractivity contribution >= 4 is 51.9 Å². The van der Waals surface area contributed by atoms with Gasteiger partial charge < -0.3 is 15.7 Å². The molecule has 8 heteroatoms. The Morgan fingerprint density at radius 2 is 1.85 bits per heavy atom. The second kappa shape index (κ2) is 9.18. The molecule has 0 aliphatic carbocycles. The smallest absolute Gasteiger partial charge is 0.323 e. The van der Waals surface area contributed by atoms with Gasteiger partial charge in [-0.1, -0.05) is 24.3 Å². The van der Waals surface area contributed by atoms with Gasteiger partial charge >= 0.3 is 12.0 Å². The van der Waals surface area contributed by atoms with Gasteiger partial charge in [0.2, 0.25) is 5.91 Å². The number of nitrogens with zero attached hydrogens (tertiary/aromatic N) is 1. The zero-order valence-corrected chi connectivity index (χ0v) is 16.2. The Bertz CT molecular complexity index is 826. The summed E-state index contributed by atoms with van der Waals surface area (Å²) < 4.78 is 0.740.